The summed E-state index contributed by atoms with van der Waals surface area (Å²) >= 11 is 0. The smallest absolute Gasteiger partial charge is 0.119 e. The Morgan fingerprint density at radius 1 is 1.47 bits per heavy atom. The highest BCUT2D eigenvalue weighted by Gasteiger charge is 2.04. The van der Waals surface area contributed by atoms with Crippen LogP contribution in [0.4, 0.5) is 0 Å². The second-order valence-electron chi connectivity index (χ2n) is 4.52. The largest absolute Gasteiger partial charge is 0.494 e. The number of aryl methyl sites for hydroxylation is 1. The van der Waals surface area contributed by atoms with E-state index >= 15 is 0 Å². The third-order valence-electron chi connectivity index (χ3n) is 2.80. The molecule has 0 aliphatic carbocycles. The minimum Gasteiger partial charge on any atom is -0.494 e. The molecule has 2 nitrogen and oxygen atoms in total. The summed E-state index contributed by atoms with van der Waals surface area (Å²) in [6.07, 6.45) is 2.77. The van der Waals surface area contributed by atoms with Crippen molar-refractivity contribution in [1.29, 1.82) is 0 Å². The van der Waals surface area contributed by atoms with Crippen molar-refractivity contribution < 1.29 is 4.74 Å². The summed E-state index contributed by atoms with van der Waals surface area (Å²) in [5.74, 6) is 0.923. The van der Waals surface area contributed by atoms with Gasteiger partial charge in [0.25, 0.3) is 0 Å². The fourth-order valence-electron chi connectivity index (χ4n) is 1.65. The Morgan fingerprint density at radius 3 is 2.88 bits per heavy atom. The molecule has 0 amide bonds. The van der Waals surface area contributed by atoms with E-state index in [2.05, 4.69) is 26.5 Å². The summed E-state index contributed by atoms with van der Waals surface area (Å²) in [6.45, 7) is 8.81. The molecule has 0 saturated carbocycles. The summed E-state index contributed by atoms with van der Waals surface area (Å²) in [5, 5.41) is 0. The SMILES string of the molecule is C=C(CC)CC(N)CCOc1cccc(C)c1. The van der Waals surface area contributed by atoms with Gasteiger partial charge >= 0.3 is 0 Å². The molecule has 0 radical (unpaired) electrons. The van der Waals surface area contributed by atoms with Crippen LogP contribution in [0.2, 0.25) is 0 Å². The number of rotatable bonds is 7. The van der Waals surface area contributed by atoms with Crippen molar-refractivity contribution in [3.05, 3.63) is 42.0 Å². The third kappa shape index (κ3) is 5.55. The van der Waals surface area contributed by atoms with Crippen molar-refractivity contribution in [2.24, 2.45) is 5.73 Å². The van der Waals surface area contributed by atoms with Crippen LogP contribution in [0.15, 0.2) is 36.4 Å². The lowest BCUT2D eigenvalue weighted by atomic mass is 10.0. The first-order valence-corrected chi connectivity index (χ1v) is 6.23. The van der Waals surface area contributed by atoms with Gasteiger partial charge in [0.05, 0.1) is 6.61 Å². The van der Waals surface area contributed by atoms with Crippen LogP contribution in [-0.2, 0) is 0 Å². The maximum Gasteiger partial charge on any atom is 0.119 e. The quantitative estimate of drug-likeness (QED) is 0.732. The molecular weight excluding hydrogens is 210 g/mol. The zero-order valence-corrected chi connectivity index (χ0v) is 10.9. The molecule has 1 aromatic carbocycles. The molecule has 0 saturated heterocycles. The standard InChI is InChI=1S/C15H23NO/c1-4-12(2)10-14(16)8-9-17-15-7-5-6-13(3)11-15/h5-7,11,14H,2,4,8-10,16H2,1,3H3. The van der Waals surface area contributed by atoms with Gasteiger partial charge in [-0.25, -0.2) is 0 Å². The molecule has 1 atom stereocenters. The van der Waals surface area contributed by atoms with Crippen LogP contribution in [0.3, 0.4) is 0 Å². The Labute approximate surface area is 104 Å². The van der Waals surface area contributed by atoms with Gasteiger partial charge < -0.3 is 10.5 Å². The maximum absolute atomic E-state index is 6.00. The Balaban J connectivity index is 2.25. The molecule has 0 fully saturated rings. The third-order valence-corrected chi connectivity index (χ3v) is 2.80. The average Bonchev–Trinajstić information content (AvgIpc) is 2.29. The highest BCUT2D eigenvalue weighted by Crippen LogP contribution is 2.13. The zero-order chi connectivity index (χ0) is 12.7. The van der Waals surface area contributed by atoms with E-state index in [4.69, 9.17) is 10.5 Å². The van der Waals surface area contributed by atoms with E-state index in [0.29, 0.717) is 6.61 Å². The van der Waals surface area contributed by atoms with Crippen LogP contribution in [0.5, 0.6) is 5.75 Å². The van der Waals surface area contributed by atoms with Crippen LogP contribution >= 0.6 is 0 Å². The number of hydrogen-bond donors (Lipinski definition) is 1. The van der Waals surface area contributed by atoms with Crippen molar-refractivity contribution in [3.63, 3.8) is 0 Å². The van der Waals surface area contributed by atoms with Crippen LogP contribution in [-0.4, -0.2) is 12.6 Å². The Hall–Kier alpha value is -1.28. The monoisotopic (exact) mass is 233 g/mol. The second kappa shape index (κ2) is 7.13. The van der Waals surface area contributed by atoms with E-state index < -0.39 is 0 Å². The van der Waals surface area contributed by atoms with Crippen LogP contribution < -0.4 is 10.5 Å². The van der Waals surface area contributed by atoms with Gasteiger partial charge in [0, 0.05) is 6.04 Å². The van der Waals surface area contributed by atoms with E-state index in [-0.39, 0.29) is 6.04 Å². The molecule has 94 valence electrons. The van der Waals surface area contributed by atoms with Gasteiger partial charge in [-0.15, -0.1) is 0 Å². The first kappa shape index (κ1) is 13.8. The fourth-order valence-corrected chi connectivity index (χ4v) is 1.65. The van der Waals surface area contributed by atoms with Gasteiger partial charge in [-0.1, -0.05) is 31.2 Å². The van der Waals surface area contributed by atoms with Gasteiger partial charge in [-0.2, -0.15) is 0 Å². The molecule has 0 aliphatic rings. The van der Waals surface area contributed by atoms with E-state index in [1.54, 1.807) is 0 Å². The predicted octanol–water partition coefficient (Wildman–Crippen LogP) is 3.45. The van der Waals surface area contributed by atoms with Crippen LogP contribution in [0.25, 0.3) is 0 Å². The summed E-state index contributed by atoms with van der Waals surface area (Å²) in [4.78, 5) is 0. The van der Waals surface area contributed by atoms with Crippen LogP contribution in [0, 0.1) is 6.92 Å². The van der Waals surface area contributed by atoms with E-state index in [0.717, 1.165) is 25.0 Å². The average molecular weight is 233 g/mol. The second-order valence-corrected chi connectivity index (χ2v) is 4.52. The van der Waals surface area contributed by atoms with Crippen molar-refractivity contribution in [2.45, 2.75) is 39.2 Å². The lowest BCUT2D eigenvalue weighted by Crippen LogP contribution is -2.23. The molecule has 1 aromatic rings. The van der Waals surface area contributed by atoms with Crippen LogP contribution in [0.1, 0.15) is 31.7 Å². The van der Waals surface area contributed by atoms with Gasteiger partial charge in [-0.3, -0.25) is 0 Å². The molecule has 2 N–H and O–H groups in total. The highest BCUT2D eigenvalue weighted by atomic mass is 16.5. The molecule has 0 heterocycles. The maximum atomic E-state index is 6.00. The van der Waals surface area contributed by atoms with Crippen molar-refractivity contribution in [2.75, 3.05) is 6.61 Å². The summed E-state index contributed by atoms with van der Waals surface area (Å²) in [5.41, 5.74) is 8.43. The Kier molecular flexibility index (Phi) is 5.78. The predicted molar refractivity (Wildman–Crippen MR) is 73.3 cm³/mol. The first-order chi connectivity index (χ1) is 8.11. The lowest BCUT2D eigenvalue weighted by molar-refractivity contribution is 0.297. The molecular formula is C15H23NO. The molecule has 0 aromatic heterocycles. The number of ether oxygens (including phenoxy) is 1. The fraction of sp³-hybridized carbons (Fsp3) is 0.467. The molecule has 17 heavy (non-hydrogen) atoms. The van der Waals surface area contributed by atoms with Gasteiger partial charge in [0.15, 0.2) is 0 Å². The Morgan fingerprint density at radius 2 is 2.24 bits per heavy atom. The number of benzene rings is 1. The van der Waals surface area contributed by atoms with Crippen molar-refractivity contribution in [3.8, 4) is 5.75 Å². The van der Waals surface area contributed by atoms with E-state index in [9.17, 15) is 0 Å². The minimum absolute atomic E-state index is 0.159. The zero-order valence-electron chi connectivity index (χ0n) is 10.9. The van der Waals surface area contributed by atoms with Crippen molar-refractivity contribution in [1.82, 2.24) is 0 Å². The number of hydrogen-bond acceptors (Lipinski definition) is 2. The van der Waals surface area contributed by atoms with Gasteiger partial charge in [0.2, 0.25) is 0 Å². The molecule has 0 aliphatic heterocycles. The molecule has 1 unspecified atom stereocenters. The lowest BCUT2D eigenvalue weighted by Gasteiger charge is -2.13. The summed E-state index contributed by atoms with van der Waals surface area (Å²) in [7, 11) is 0. The van der Waals surface area contributed by atoms with E-state index in [1.165, 1.54) is 11.1 Å². The summed E-state index contributed by atoms with van der Waals surface area (Å²) in [6, 6.07) is 8.24. The minimum atomic E-state index is 0.159. The highest BCUT2D eigenvalue weighted by molar-refractivity contribution is 5.27. The molecule has 2 heteroatoms. The molecule has 0 spiro atoms. The summed E-state index contributed by atoms with van der Waals surface area (Å²) < 4.78 is 5.66. The Bertz CT molecular complexity index is 360. The first-order valence-electron chi connectivity index (χ1n) is 6.23. The van der Waals surface area contributed by atoms with Gasteiger partial charge in [0.1, 0.15) is 5.75 Å². The topological polar surface area (TPSA) is 35.2 Å². The molecule has 0 bridgehead atoms. The van der Waals surface area contributed by atoms with Gasteiger partial charge in [-0.05, 0) is 43.9 Å². The molecule has 1 rings (SSSR count). The van der Waals surface area contributed by atoms with Crippen molar-refractivity contribution >= 4 is 0 Å². The normalized spacial score (nSPS) is 12.2. The van der Waals surface area contributed by atoms with E-state index in [1.807, 2.05) is 18.2 Å². The number of nitrogens with two attached hydrogens (primary N) is 1.